The molecule has 0 unspecified atom stereocenters. The Bertz CT molecular complexity index is 1060. The Hall–Kier alpha value is -3.28. The van der Waals surface area contributed by atoms with E-state index in [0.29, 0.717) is 12.1 Å². The predicted molar refractivity (Wildman–Crippen MR) is 115 cm³/mol. The Kier molecular flexibility index (Phi) is 4.69. The third kappa shape index (κ3) is 3.32. The monoisotopic (exact) mass is 399 g/mol. The first kappa shape index (κ1) is 18.7. The summed E-state index contributed by atoms with van der Waals surface area (Å²) in [5.41, 5.74) is 4.30. The fourth-order valence-electron chi connectivity index (χ4n) is 4.93. The van der Waals surface area contributed by atoms with Gasteiger partial charge in [0.25, 0.3) is 5.91 Å². The summed E-state index contributed by atoms with van der Waals surface area (Å²) in [6.45, 7) is 5.17. The summed E-state index contributed by atoms with van der Waals surface area (Å²) < 4.78 is 0. The van der Waals surface area contributed by atoms with Crippen molar-refractivity contribution in [3.63, 3.8) is 0 Å². The van der Waals surface area contributed by atoms with Crippen LogP contribution in [0.4, 0.5) is 5.82 Å². The Morgan fingerprint density at radius 2 is 1.87 bits per heavy atom. The molecule has 1 spiro atoms. The minimum absolute atomic E-state index is 0.0273. The molecular formula is C24H25N5O. The lowest BCUT2D eigenvalue weighted by Gasteiger charge is -2.48. The number of hydrogen-bond donors (Lipinski definition) is 0. The molecule has 0 bridgehead atoms. The molecular weight excluding hydrogens is 374 g/mol. The third-order valence-corrected chi connectivity index (χ3v) is 6.45. The van der Waals surface area contributed by atoms with Gasteiger partial charge in [-0.3, -0.25) is 14.8 Å². The van der Waals surface area contributed by atoms with Crippen LogP contribution in [0.5, 0.6) is 0 Å². The fourth-order valence-corrected chi connectivity index (χ4v) is 4.93. The number of anilines is 1. The quantitative estimate of drug-likeness (QED) is 0.661. The third-order valence-electron chi connectivity index (χ3n) is 6.45. The zero-order valence-corrected chi connectivity index (χ0v) is 17.2. The summed E-state index contributed by atoms with van der Waals surface area (Å²) in [6.07, 6.45) is 10.7. The van der Waals surface area contributed by atoms with Crippen LogP contribution in [0, 0.1) is 6.92 Å². The lowest BCUT2D eigenvalue weighted by atomic mass is 9.68. The number of amides is 1. The molecule has 30 heavy (non-hydrogen) atoms. The van der Waals surface area contributed by atoms with Crippen LogP contribution >= 0.6 is 0 Å². The average Bonchev–Trinajstić information content (AvgIpc) is 2.80. The summed E-state index contributed by atoms with van der Waals surface area (Å²) in [5, 5.41) is 0. The number of fused-ring (bicyclic) bond motifs is 2. The number of benzene rings is 1. The van der Waals surface area contributed by atoms with Gasteiger partial charge < -0.3 is 9.80 Å². The largest absolute Gasteiger partial charge is 0.355 e. The molecule has 152 valence electrons. The van der Waals surface area contributed by atoms with Gasteiger partial charge in [-0.25, -0.2) is 4.98 Å². The highest BCUT2D eigenvalue weighted by atomic mass is 16.2. The van der Waals surface area contributed by atoms with Crippen LogP contribution in [0.15, 0.2) is 61.3 Å². The van der Waals surface area contributed by atoms with E-state index in [-0.39, 0.29) is 11.3 Å². The molecule has 0 N–H and O–H groups in total. The molecule has 1 fully saturated rings. The average molecular weight is 399 g/mol. The van der Waals surface area contributed by atoms with E-state index in [1.165, 1.54) is 11.1 Å². The van der Waals surface area contributed by atoms with Crippen molar-refractivity contribution in [3.05, 3.63) is 83.6 Å². The van der Waals surface area contributed by atoms with E-state index >= 15 is 0 Å². The highest BCUT2D eigenvalue weighted by Gasteiger charge is 2.43. The highest BCUT2D eigenvalue weighted by Crippen LogP contribution is 2.42. The van der Waals surface area contributed by atoms with Crippen molar-refractivity contribution in [2.75, 3.05) is 24.5 Å². The van der Waals surface area contributed by atoms with E-state index in [1.807, 2.05) is 24.1 Å². The van der Waals surface area contributed by atoms with Gasteiger partial charge in [0.1, 0.15) is 5.82 Å². The number of rotatable bonds is 2. The van der Waals surface area contributed by atoms with E-state index < -0.39 is 0 Å². The van der Waals surface area contributed by atoms with Gasteiger partial charge in [0.15, 0.2) is 0 Å². The molecule has 2 aliphatic heterocycles. The topological polar surface area (TPSA) is 62.2 Å². The van der Waals surface area contributed by atoms with Crippen LogP contribution < -0.4 is 4.90 Å². The van der Waals surface area contributed by atoms with Crippen LogP contribution in [-0.4, -0.2) is 45.4 Å². The molecule has 6 nitrogen and oxygen atoms in total. The van der Waals surface area contributed by atoms with Crippen molar-refractivity contribution < 1.29 is 4.79 Å². The van der Waals surface area contributed by atoms with Gasteiger partial charge in [0, 0.05) is 56.4 Å². The van der Waals surface area contributed by atoms with Crippen molar-refractivity contribution >= 4 is 11.7 Å². The van der Waals surface area contributed by atoms with Gasteiger partial charge in [0.05, 0.1) is 11.8 Å². The molecule has 0 radical (unpaired) electrons. The zero-order valence-electron chi connectivity index (χ0n) is 17.2. The van der Waals surface area contributed by atoms with Gasteiger partial charge in [-0.1, -0.05) is 24.3 Å². The number of hydrogen-bond acceptors (Lipinski definition) is 5. The highest BCUT2D eigenvalue weighted by molar-refractivity contribution is 5.94. The first-order valence-electron chi connectivity index (χ1n) is 10.4. The van der Waals surface area contributed by atoms with Crippen molar-refractivity contribution in [1.82, 2.24) is 19.9 Å². The van der Waals surface area contributed by atoms with Gasteiger partial charge in [-0.2, -0.15) is 0 Å². The molecule has 0 saturated carbocycles. The summed E-state index contributed by atoms with van der Waals surface area (Å²) in [5.74, 6) is 0.992. The van der Waals surface area contributed by atoms with Gasteiger partial charge >= 0.3 is 0 Å². The van der Waals surface area contributed by atoms with Crippen LogP contribution in [0.1, 0.15) is 39.9 Å². The minimum atomic E-state index is -0.0273. The minimum Gasteiger partial charge on any atom is -0.355 e. The number of piperidine rings is 1. The second-order valence-corrected chi connectivity index (χ2v) is 8.40. The molecule has 2 aromatic heterocycles. The Morgan fingerprint density at radius 3 is 2.63 bits per heavy atom. The summed E-state index contributed by atoms with van der Waals surface area (Å²) in [7, 11) is 0. The van der Waals surface area contributed by atoms with Crippen molar-refractivity contribution in [2.24, 2.45) is 0 Å². The molecule has 3 aromatic rings. The van der Waals surface area contributed by atoms with E-state index in [1.54, 1.807) is 24.8 Å². The van der Waals surface area contributed by atoms with E-state index in [9.17, 15) is 4.79 Å². The van der Waals surface area contributed by atoms with Crippen molar-refractivity contribution in [3.8, 4) is 0 Å². The van der Waals surface area contributed by atoms with Crippen LogP contribution in [-0.2, 0) is 12.0 Å². The van der Waals surface area contributed by atoms with Crippen LogP contribution in [0.3, 0.4) is 0 Å². The first-order valence-corrected chi connectivity index (χ1v) is 10.4. The number of aromatic nitrogens is 3. The molecule has 4 heterocycles. The Labute approximate surface area is 176 Å². The maximum absolute atomic E-state index is 13.3. The fraction of sp³-hybridized carbons (Fsp3) is 0.333. The summed E-state index contributed by atoms with van der Waals surface area (Å²) >= 11 is 0. The second kappa shape index (κ2) is 7.52. The number of nitrogens with zero attached hydrogens (tertiary/aromatic N) is 5. The number of aryl methyl sites for hydroxylation is 1. The van der Waals surface area contributed by atoms with Gasteiger partial charge in [0.2, 0.25) is 0 Å². The molecule has 2 aliphatic rings. The maximum atomic E-state index is 13.3. The van der Waals surface area contributed by atoms with E-state index in [2.05, 4.69) is 44.1 Å². The molecule has 6 heteroatoms. The Morgan fingerprint density at radius 1 is 1.03 bits per heavy atom. The molecule has 1 saturated heterocycles. The van der Waals surface area contributed by atoms with Crippen molar-refractivity contribution in [2.45, 2.75) is 31.7 Å². The second-order valence-electron chi connectivity index (χ2n) is 8.40. The maximum Gasteiger partial charge on any atom is 0.255 e. The van der Waals surface area contributed by atoms with E-state index in [4.69, 9.17) is 0 Å². The van der Waals surface area contributed by atoms with Gasteiger partial charge in [-0.05, 0) is 42.5 Å². The molecule has 1 amide bonds. The van der Waals surface area contributed by atoms with Crippen LogP contribution in [0.2, 0.25) is 0 Å². The lowest BCUT2D eigenvalue weighted by Crippen LogP contribution is -2.53. The molecule has 0 atom stereocenters. The molecule has 5 rings (SSSR count). The Balaban J connectivity index is 1.44. The smallest absolute Gasteiger partial charge is 0.255 e. The lowest BCUT2D eigenvalue weighted by molar-refractivity contribution is 0.0647. The number of carbonyl (C=O) groups excluding carboxylic acids is 1. The molecule has 1 aromatic carbocycles. The molecule has 0 aliphatic carbocycles. The standard InChI is InChI=1S/C24H25N5O/c1-18-12-20(14-26-13-18)23(30)29-16-19-4-2-3-5-21(19)24(17-29)6-10-28(11-7-24)22-15-25-8-9-27-22/h2-5,8-9,12-15H,6-7,10-11,16-17H2,1H3. The predicted octanol–water partition coefficient (Wildman–Crippen LogP) is 3.37. The number of carbonyl (C=O) groups is 1. The summed E-state index contributed by atoms with van der Waals surface area (Å²) in [4.78, 5) is 30.5. The first-order chi connectivity index (χ1) is 14.6. The summed E-state index contributed by atoms with van der Waals surface area (Å²) in [6, 6.07) is 10.5. The SMILES string of the molecule is Cc1cncc(C(=O)N2Cc3ccccc3C3(CCN(c4cnccn4)CC3)C2)c1. The van der Waals surface area contributed by atoms with E-state index in [0.717, 1.165) is 43.9 Å². The number of pyridine rings is 1. The normalized spacial score (nSPS) is 17.6. The van der Waals surface area contributed by atoms with Gasteiger partial charge in [-0.15, -0.1) is 0 Å². The zero-order chi connectivity index (χ0) is 20.6. The van der Waals surface area contributed by atoms with Crippen molar-refractivity contribution in [1.29, 1.82) is 0 Å². The van der Waals surface area contributed by atoms with Crippen LogP contribution in [0.25, 0.3) is 0 Å².